The highest BCUT2D eigenvalue weighted by molar-refractivity contribution is 5.66. The fraction of sp³-hybridized carbons (Fsp3) is 0.188. The molecule has 0 spiro atoms. The summed E-state index contributed by atoms with van der Waals surface area (Å²) < 4.78 is 2.13. The molecule has 3 rings (SSSR count). The number of hydrogen-bond donors (Lipinski definition) is 1. The summed E-state index contributed by atoms with van der Waals surface area (Å²) >= 11 is 0. The fourth-order valence-electron chi connectivity index (χ4n) is 2.61. The van der Waals surface area contributed by atoms with Gasteiger partial charge in [-0.1, -0.05) is 18.2 Å². The van der Waals surface area contributed by atoms with Crippen LogP contribution in [0.4, 0.5) is 11.4 Å². The first-order valence-corrected chi connectivity index (χ1v) is 6.79. The highest BCUT2D eigenvalue weighted by Gasteiger charge is 2.21. The van der Waals surface area contributed by atoms with Gasteiger partial charge in [-0.15, -0.1) is 0 Å². The van der Waals surface area contributed by atoms with Crippen LogP contribution in [0.15, 0.2) is 42.5 Å². The highest BCUT2D eigenvalue weighted by Crippen LogP contribution is 2.26. The SMILES string of the molecule is O=[N+]([O-])c1ccc(O)c(CC[N+]2=CCc3ccccc32)c1. The largest absolute Gasteiger partial charge is 0.508 e. The number of nitro benzene ring substituents is 1. The molecule has 1 aliphatic heterocycles. The van der Waals surface area contributed by atoms with Crippen molar-refractivity contribution in [3.05, 3.63) is 63.7 Å². The monoisotopic (exact) mass is 283 g/mol. The Morgan fingerprint density at radius 3 is 2.86 bits per heavy atom. The van der Waals surface area contributed by atoms with Crippen molar-refractivity contribution in [2.45, 2.75) is 12.8 Å². The molecule has 1 aliphatic rings. The van der Waals surface area contributed by atoms with Gasteiger partial charge in [0.1, 0.15) is 12.0 Å². The van der Waals surface area contributed by atoms with E-state index in [9.17, 15) is 15.2 Å². The van der Waals surface area contributed by atoms with Gasteiger partial charge in [-0.05, 0) is 6.07 Å². The Bertz CT molecular complexity index is 738. The van der Waals surface area contributed by atoms with Gasteiger partial charge in [0.2, 0.25) is 5.69 Å². The first-order valence-electron chi connectivity index (χ1n) is 6.79. The topological polar surface area (TPSA) is 66.4 Å². The zero-order valence-electron chi connectivity index (χ0n) is 11.4. The summed E-state index contributed by atoms with van der Waals surface area (Å²) in [5.74, 6) is 0.105. The zero-order chi connectivity index (χ0) is 14.8. The number of benzene rings is 2. The zero-order valence-corrected chi connectivity index (χ0v) is 11.4. The second-order valence-electron chi connectivity index (χ2n) is 5.03. The van der Waals surface area contributed by atoms with Crippen molar-refractivity contribution in [1.29, 1.82) is 0 Å². The van der Waals surface area contributed by atoms with Crippen LogP contribution in [0.1, 0.15) is 11.1 Å². The lowest BCUT2D eigenvalue weighted by Crippen LogP contribution is -2.08. The molecule has 0 aliphatic carbocycles. The van der Waals surface area contributed by atoms with Crippen LogP contribution >= 0.6 is 0 Å². The molecule has 21 heavy (non-hydrogen) atoms. The minimum Gasteiger partial charge on any atom is -0.508 e. The standard InChI is InChI=1S/C16H14N2O3/c19-16-6-5-14(18(20)21)11-13(16)8-10-17-9-7-12-3-1-2-4-15(12)17/h1-6,9,11H,7-8,10H2/p+1. The van der Waals surface area contributed by atoms with E-state index in [2.05, 4.69) is 22.9 Å². The van der Waals surface area contributed by atoms with Crippen LogP contribution in [0.2, 0.25) is 0 Å². The molecule has 106 valence electrons. The van der Waals surface area contributed by atoms with E-state index in [0.29, 0.717) is 18.5 Å². The Kier molecular flexibility index (Phi) is 3.39. The number of hydrogen-bond acceptors (Lipinski definition) is 3. The summed E-state index contributed by atoms with van der Waals surface area (Å²) in [6.07, 6.45) is 3.56. The van der Waals surface area contributed by atoms with Crippen LogP contribution in [0.25, 0.3) is 0 Å². The van der Waals surface area contributed by atoms with Gasteiger partial charge in [-0.25, -0.2) is 4.58 Å². The molecule has 0 aromatic heterocycles. The van der Waals surface area contributed by atoms with Crippen LogP contribution in [0, 0.1) is 10.1 Å². The van der Waals surface area contributed by atoms with Crippen molar-refractivity contribution < 1.29 is 14.6 Å². The lowest BCUT2D eigenvalue weighted by molar-refractivity contribution is -0.432. The molecular weight excluding hydrogens is 268 g/mol. The van der Waals surface area contributed by atoms with Gasteiger partial charge in [0.15, 0.2) is 6.54 Å². The summed E-state index contributed by atoms with van der Waals surface area (Å²) in [4.78, 5) is 10.4. The number of aromatic hydroxyl groups is 1. The predicted octanol–water partition coefficient (Wildman–Crippen LogP) is 2.81. The number of nitrogens with zero attached hydrogens (tertiary/aromatic N) is 2. The molecule has 0 radical (unpaired) electrons. The molecule has 5 nitrogen and oxygen atoms in total. The molecule has 1 heterocycles. The van der Waals surface area contributed by atoms with E-state index in [1.165, 1.54) is 29.4 Å². The molecule has 0 amide bonds. The van der Waals surface area contributed by atoms with Crippen molar-refractivity contribution in [3.8, 4) is 5.75 Å². The fourth-order valence-corrected chi connectivity index (χ4v) is 2.61. The van der Waals surface area contributed by atoms with Gasteiger partial charge in [0, 0.05) is 35.7 Å². The van der Waals surface area contributed by atoms with E-state index in [1.54, 1.807) is 0 Å². The smallest absolute Gasteiger partial charge is 0.269 e. The van der Waals surface area contributed by atoms with E-state index in [-0.39, 0.29) is 11.4 Å². The third-order valence-electron chi connectivity index (χ3n) is 3.73. The molecule has 0 atom stereocenters. The molecule has 0 saturated carbocycles. The van der Waals surface area contributed by atoms with E-state index in [4.69, 9.17) is 0 Å². The van der Waals surface area contributed by atoms with Crippen LogP contribution in [-0.4, -0.2) is 27.4 Å². The predicted molar refractivity (Wildman–Crippen MR) is 79.5 cm³/mol. The van der Waals surface area contributed by atoms with Crippen molar-refractivity contribution in [2.24, 2.45) is 0 Å². The van der Waals surface area contributed by atoms with Crippen LogP contribution in [0.5, 0.6) is 5.75 Å². The maximum Gasteiger partial charge on any atom is 0.269 e. The summed E-state index contributed by atoms with van der Waals surface area (Å²) in [5, 5.41) is 20.6. The quantitative estimate of drug-likeness (QED) is 0.533. The van der Waals surface area contributed by atoms with Crippen molar-refractivity contribution in [1.82, 2.24) is 0 Å². The number of phenols is 1. The van der Waals surface area contributed by atoms with Crippen LogP contribution in [-0.2, 0) is 12.8 Å². The second kappa shape index (κ2) is 5.36. The maximum absolute atomic E-state index is 10.8. The Morgan fingerprint density at radius 1 is 1.24 bits per heavy atom. The third-order valence-corrected chi connectivity index (χ3v) is 3.73. The van der Waals surface area contributed by atoms with Crippen molar-refractivity contribution in [2.75, 3.05) is 6.54 Å². The first-order chi connectivity index (χ1) is 10.1. The van der Waals surface area contributed by atoms with Gasteiger partial charge < -0.3 is 5.11 Å². The number of phenolic OH excluding ortho intramolecular Hbond substituents is 1. The summed E-state index contributed by atoms with van der Waals surface area (Å²) in [6, 6.07) is 12.3. The molecule has 0 unspecified atom stereocenters. The van der Waals surface area contributed by atoms with Gasteiger partial charge in [0.05, 0.1) is 11.3 Å². The minimum atomic E-state index is -0.444. The minimum absolute atomic E-state index is 0.00796. The number of rotatable bonds is 4. The van der Waals surface area contributed by atoms with E-state index >= 15 is 0 Å². The first kappa shape index (κ1) is 13.3. The van der Waals surface area contributed by atoms with E-state index in [0.717, 1.165) is 6.42 Å². The maximum atomic E-state index is 10.8. The van der Waals surface area contributed by atoms with Gasteiger partial charge >= 0.3 is 0 Å². The number of para-hydroxylation sites is 1. The molecule has 1 N–H and O–H groups in total. The lowest BCUT2D eigenvalue weighted by atomic mass is 10.1. The number of nitro groups is 1. The molecule has 0 saturated heterocycles. The Balaban J connectivity index is 1.77. The average Bonchev–Trinajstić information content (AvgIpc) is 2.89. The van der Waals surface area contributed by atoms with Crippen LogP contribution in [0.3, 0.4) is 0 Å². The average molecular weight is 283 g/mol. The van der Waals surface area contributed by atoms with Crippen molar-refractivity contribution >= 4 is 17.6 Å². The Labute approximate surface area is 121 Å². The number of non-ortho nitro benzene ring substituents is 1. The second-order valence-corrected chi connectivity index (χ2v) is 5.03. The molecule has 2 aromatic carbocycles. The van der Waals surface area contributed by atoms with E-state index in [1.807, 2.05) is 12.1 Å². The van der Waals surface area contributed by atoms with Gasteiger partial charge in [0.25, 0.3) is 5.69 Å². The molecule has 0 bridgehead atoms. The summed E-state index contributed by atoms with van der Waals surface area (Å²) in [5.41, 5.74) is 3.05. The third kappa shape index (κ3) is 2.63. The van der Waals surface area contributed by atoms with Gasteiger partial charge in [-0.3, -0.25) is 10.1 Å². The van der Waals surface area contributed by atoms with E-state index < -0.39 is 4.92 Å². The molecule has 5 heteroatoms. The highest BCUT2D eigenvalue weighted by atomic mass is 16.6. The van der Waals surface area contributed by atoms with Crippen molar-refractivity contribution in [3.63, 3.8) is 0 Å². The number of fused-ring (bicyclic) bond motifs is 1. The molecular formula is C16H15N2O3+. The Hall–Kier alpha value is -2.69. The Morgan fingerprint density at radius 2 is 2.05 bits per heavy atom. The summed E-state index contributed by atoms with van der Waals surface area (Å²) in [7, 11) is 0. The normalized spacial score (nSPS) is 12.9. The van der Waals surface area contributed by atoms with Crippen LogP contribution < -0.4 is 0 Å². The molecule has 2 aromatic rings. The molecule has 0 fully saturated rings. The lowest BCUT2D eigenvalue weighted by Gasteiger charge is -2.04. The summed E-state index contributed by atoms with van der Waals surface area (Å²) in [6.45, 7) is 0.686. The van der Waals surface area contributed by atoms with Gasteiger partial charge in [-0.2, -0.15) is 0 Å².